The standard InChI is InChI=1S/C24H19FN2O3/c1-29-22-12-4-17(5-13-22)15-21(28)14-16-2-6-18(7-3-16)23-26-24(30-27-23)19-8-10-20(25)11-9-19/h2-13H,14-15H2,1H3. The summed E-state index contributed by atoms with van der Waals surface area (Å²) in [5.74, 6) is 1.33. The Kier molecular flexibility index (Phi) is 5.66. The maximum absolute atomic E-state index is 13.1. The second-order valence-electron chi connectivity index (χ2n) is 6.87. The zero-order chi connectivity index (χ0) is 20.9. The zero-order valence-electron chi connectivity index (χ0n) is 16.3. The molecule has 4 aromatic rings. The quantitative estimate of drug-likeness (QED) is 0.440. The van der Waals surface area contributed by atoms with Crippen molar-refractivity contribution >= 4 is 5.78 Å². The summed E-state index contributed by atoms with van der Waals surface area (Å²) in [7, 11) is 1.61. The lowest BCUT2D eigenvalue weighted by Gasteiger charge is -2.04. The predicted octanol–water partition coefficient (Wildman–Crippen LogP) is 4.91. The summed E-state index contributed by atoms with van der Waals surface area (Å²) >= 11 is 0. The molecule has 6 heteroatoms. The molecule has 0 saturated carbocycles. The molecule has 0 N–H and O–H groups in total. The Bertz CT molecular complexity index is 1130. The van der Waals surface area contributed by atoms with Crippen molar-refractivity contribution in [3.8, 4) is 28.6 Å². The number of hydrogen-bond acceptors (Lipinski definition) is 5. The van der Waals surface area contributed by atoms with Gasteiger partial charge >= 0.3 is 0 Å². The number of methoxy groups -OCH3 is 1. The van der Waals surface area contributed by atoms with Crippen LogP contribution >= 0.6 is 0 Å². The number of ether oxygens (including phenoxy) is 1. The first-order valence-corrected chi connectivity index (χ1v) is 9.44. The maximum Gasteiger partial charge on any atom is 0.258 e. The van der Waals surface area contributed by atoms with E-state index < -0.39 is 0 Å². The Morgan fingerprint density at radius 2 is 1.43 bits per heavy atom. The Labute approximate surface area is 173 Å². The average molecular weight is 402 g/mol. The lowest BCUT2D eigenvalue weighted by molar-refractivity contribution is -0.117. The van der Waals surface area contributed by atoms with Crippen LogP contribution in [0.1, 0.15) is 11.1 Å². The molecule has 0 fully saturated rings. The van der Waals surface area contributed by atoms with Gasteiger partial charge in [0.15, 0.2) is 0 Å². The van der Waals surface area contributed by atoms with E-state index in [1.165, 1.54) is 12.1 Å². The number of carbonyl (C=O) groups excluding carboxylic acids is 1. The lowest BCUT2D eigenvalue weighted by atomic mass is 10.0. The summed E-state index contributed by atoms with van der Waals surface area (Å²) < 4.78 is 23.5. The number of benzene rings is 3. The number of hydrogen-bond donors (Lipinski definition) is 0. The molecule has 3 aromatic carbocycles. The molecular weight excluding hydrogens is 383 g/mol. The number of aromatic nitrogens is 2. The van der Waals surface area contributed by atoms with Gasteiger partial charge in [0.05, 0.1) is 7.11 Å². The molecule has 1 heterocycles. The summed E-state index contributed by atoms with van der Waals surface area (Å²) in [6.45, 7) is 0. The van der Waals surface area contributed by atoms with Gasteiger partial charge in [-0.1, -0.05) is 41.6 Å². The highest BCUT2D eigenvalue weighted by atomic mass is 19.1. The third kappa shape index (κ3) is 4.60. The van der Waals surface area contributed by atoms with Crippen LogP contribution in [0.4, 0.5) is 4.39 Å². The van der Waals surface area contributed by atoms with Crippen molar-refractivity contribution < 1.29 is 18.4 Å². The van der Waals surface area contributed by atoms with Gasteiger partial charge in [-0.15, -0.1) is 0 Å². The third-order valence-corrected chi connectivity index (χ3v) is 4.69. The summed E-state index contributed by atoms with van der Waals surface area (Å²) in [6.07, 6.45) is 0.719. The molecule has 4 rings (SSSR count). The minimum Gasteiger partial charge on any atom is -0.497 e. The second kappa shape index (κ2) is 8.69. The molecule has 0 aliphatic heterocycles. The highest BCUT2D eigenvalue weighted by Crippen LogP contribution is 2.23. The summed E-state index contributed by atoms with van der Waals surface area (Å²) in [5, 5.41) is 3.99. The topological polar surface area (TPSA) is 65.2 Å². The van der Waals surface area contributed by atoms with Crippen LogP contribution in [0, 0.1) is 5.82 Å². The Morgan fingerprint density at radius 1 is 0.867 bits per heavy atom. The van der Waals surface area contributed by atoms with Gasteiger partial charge in [-0.3, -0.25) is 4.79 Å². The summed E-state index contributed by atoms with van der Waals surface area (Å²) in [4.78, 5) is 16.7. The van der Waals surface area contributed by atoms with Gasteiger partial charge in [0.25, 0.3) is 5.89 Å². The predicted molar refractivity (Wildman–Crippen MR) is 111 cm³/mol. The first-order valence-electron chi connectivity index (χ1n) is 9.44. The number of carbonyl (C=O) groups is 1. The molecule has 30 heavy (non-hydrogen) atoms. The molecule has 150 valence electrons. The van der Waals surface area contributed by atoms with E-state index in [4.69, 9.17) is 9.26 Å². The average Bonchev–Trinajstić information content (AvgIpc) is 3.25. The minimum atomic E-state index is -0.324. The van der Waals surface area contributed by atoms with E-state index >= 15 is 0 Å². The van der Waals surface area contributed by atoms with Crippen LogP contribution in [0.3, 0.4) is 0 Å². The van der Waals surface area contributed by atoms with Crippen LogP contribution in [0.5, 0.6) is 5.75 Å². The van der Waals surface area contributed by atoms with Crippen molar-refractivity contribution in [2.24, 2.45) is 0 Å². The number of nitrogens with zero attached hydrogens (tertiary/aromatic N) is 2. The maximum atomic E-state index is 13.1. The lowest BCUT2D eigenvalue weighted by Crippen LogP contribution is -2.06. The Balaban J connectivity index is 1.40. The molecule has 5 nitrogen and oxygen atoms in total. The van der Waals surface area contributed by atoms with Gasteiger partial charge in [0.1, 0.15) is 17.3 Å². The molecule has 0 unspecified atom stereocenters. The van der Waals surface area contributed by atoms with Gasteiger partial charge in [-0.2, -0.15) is 4.98 Å². The molecular formula is C24H19FN2O3. The molecule has 0 saturated heterocycles. The fourth-order valence-corrected chi connectivity index (χ4v) is 3.08. The largest absolute Gasteiger partial charge is 0.497 e. The second-order valence-corrected chi connectivity index (χ2v) is 6.87. The van der Waals surface area contributed by atoms with E-state index in [-0.39, 0.29) is 11.6 Å². The van der Waals surface area contributed by atoms with Crippen molar-refractivity contribution in [1.82, 2.24) is 10.1 Å². The summed E-state index contributed by atoms with van der Waals surface area (Å²) in [5.41, 5.74) is 3.30. The van der Waals surface area contributed by atoms with E-state index in [1.54, 1.807) is 19.2 Å². The highest BCUT2D eigenvalue weighted by molar-refractivity contribution is 5.83. The molecule has 0 atom stereocenters. The van der Waals surface area contributed by atoms with E-state index in [0.717, 1.165) is 22.4 Å². The minimum absolute atomic E-state index is 0.131. The first-order chi connectivity index (χ1) is 14.6. The van der Waals surface area contributed by atoms with Crippen LogP contribution in [-0.4, -0.2) is 23.0 Å². The molecule has 0 aliphatic rings. The first kappa shape index (κ1) is 19.5. The van der Waals surface area contributed by atoms with E-state index in [2.05, 4.69) is 10.1 Å². The Morgan fingerprint density at radius 3 is 2.03 bits per heavy atom. The number of halogens is 1. The van der Waals surface area contributed by atoms with Gasteiger partial charge in [-0.25, -0.2) is 4.39 Å². The molecule has 0 spiro atoms. The van der Waals surface area contributed by atoms with Crippen LogP contribution < -0.4 is 4.74 Å². The molecule has 0 amide bonds. The van der Waals surface area contributed by atoms with E-state index in [0.29, 0.717) is 30.1 Å². The van der Waals surface area contributed by atoms with Crippen LogP contribution in [-0.2, 0) is 17.6 Å². The molecule has 0 radical (unpaired) electrons. The number of ketones is 1. The third-order valence-electron chi connectivity index (χ3n) is 4.69. The van der Waals surface area contributed by atoms with Crippen molar-refractivity contribution in [3.05, 3.63) is 89.7 Å². The van der Waals surface area contributed by atoms with E-state index in [1.807, 2.05) is 48.5 Å². The van der Waals surface area contributed by atoms with E-state index in [9.17, 15) is 9.18 Å². The van der Waals surface area contributed by atoms with Gasteiger partial charge < -0.3 is 9.26 Å². The van der Waals surface area contributed by atoms with Crippen LogP contribution in [0.2, 0.25) is 0 Å². The molecule has 0 bridgehead atoms. The smallest absolute Gasteiger partial charge is 0.258 e. The number of Topliss-reactive ketones (excluding diaryl/α,β-unsaturated/α-hetero) is 1. The Hall–Kier alpha value is -3.80. The number of rotatable bonds is 7. The highest BCUT2D eigenvalue weighted by Gasteiger charge is 2.12. The zero-order valence-corrected chi connectivity index (χ0v) is 16.3. The van der Waals surface area contributed by atoms with Crippen molar-refractivity contribution in [1.29, 1.82) is 0 Å². The van der Waals surface area contributed by atoms with Gasteiger partial charge in [0.2, 0.25) is 5.82 Å². The summed E-state index contributed by atoms with van der Waals surface area (Å²) in [6, 6.07) is 20.8. The molecule has 1 aromatic heterocycles. The van der Waals surface area contributed by atoms with Gasteiger partial charge in [0, 0.05) is 24.0 Å². The fourth-order valence-electron chi connectivity index (χ4n) is 3.08. The van der Waals surface area contributed by atoms with Gasteiger partial charge in [-0.05, 0) is 47.5 Å². The van der Waals surface area contributed by atoms with Crippen molar-refractivity contribution in [2.75, 3.05) is 7.11 Å². The normalized spacial score (nSPS) is 10.7. The SMILES string of the molecule is COc1ccc(CC(=O)Cc2ccc(-c3noc(-c4ccc(F)cc4)n3)cc2)cc1. The molecule has 0 aliphatic carbocycles. The van der Waals surface area contributed by atoms with Crippen LogP contribution in [0.15, 0.2) is 77.3 Å². The van der Waals surface area contributed by atoms with Crippen LogP contribution in [0.25, 0.3) is 22.8 Å². The monoisotopic (exact) mass is 402 g/mol. The fraction of sp³-hybridized carbons (Fsp3) is 0.125. The van der Waals surface area contributed by atoms with Crippen molar-refractivity contribution in [3.63, 3.8) is 0 Å². The van der Waals surface area contributed by atoms with Crippen molar-refractivity contribution in [2.45, 2.75) is 12.8 Å².